The summed E-state index contributed by atoms with van der Waals surface area (Å²) in [6.45, 7) is 2.76. The molecule has 0 aliphatic heterocycles. The van der Waals surface area contributed by atoms with Gasteiger partial charge in [-0.3, -0.25) is 0 Å². The van der Waals surface area contributed by atoms with Gasteiger partial charge < -0.3 is 10.5 Å². The Morgan fingerprint density at radius 2 is 1.21 bits per heavy atom. The predicted molar refractivity (Wildman–Crippen MR) is 119 cm³/mol. The van der Waals surface area contributed by atoms with Gasteiger partial charge in [0.1, 0.15) is 0 Å². The lowest BCUT2D eigenvalue weighted by atomic mass is 10.0. The lowest BCUT2D eigenvalue weighted by Gasteiger charge is -2.06. The molecule has 0 saturated carbocycles. The van der Waals surface area contributed by atoms with Crippen LogP contribution in [0.5, 0.6) is 0 Å². The lowest BCUT2D eigenvalue weighted by Crippen LogP contribution is -2.06. The van der Waals surface area contributed by atoms with Gasteiger partial charge in [0.15, 0.2) is 0 Å². The summed E-state index contributed by atoms with van der Waals surface area (Å²) in [4.78, 5) is 11.9. The SMILES string of the molecule is CCCCCCCCCCCCCCCCCCOC(=O)c1cccc([NH])c1. The molecular weight excluding hydrogens is 346 g/mol. The number of carbonyl (C=O) groups is 1. The van der Waals surface area contributed by atoms with Crippen molar-refractivity contribution in [2.24, 2.45) is 0 Å². The van der Waals surface area contributed by atoms with Crippen LogP contribution in [0, 0.1) is 0 Å². The number of hydrogen-bond acceptors (Lipinski definition) is 2. The van der Waals surface area contributed by atoms with E-state index in [4.69, 9.17) is 10.5 Å². The summed E-state index contributed by atoms with van der Waals surface area (Å²) < 4.78 is 5.28. The van der Waals surface area contributed by atoms with Crippen LogP contribution in [-0.2, 0) is 4.74 Å². The molecule has 0 aliphatic carbocycles. The average Bonchev–Trinajstić information content (AvgIpc) is 2.70. The smallest absolute Gasteiger partial charge is 0.338 e. The molecule has 28 heavy (non-hydrogen) atoms. The number of carbonyl (C=O) groups excluding carboxylic acids is 1. The number of unbranched alkanes of at least 4 members (excludes halogenated alkanes) is 15. The van der Waals surface area contributed by atoms with Gasteiger partial charge in [-0.25, -0.2) is 4.79 Å². The fourth-order valence-corrected chi connectivity index (χ4v) is 3.54. The van der Waals surface area contributed by atoms with E-state index < -0.39 is 0 Å². The summed E-state index contributed by atoms with van der Waals surface area (Å²) in [5.74, 6) is -0.310. The highest BCUT2D eigenvalue weighted by Crippen LogP contribution is 2.14. The van der Waals surface area contributed by atoms with Crippen molar-refractivity contribution in [1.29, 1.82) is 0 Å². The minimum absolute atomic E-state index is 0.310. The molecule has 0 aliphatic rings. The van der Waals surface area contributed by atoms with Gasteiger partial charge in [-0.15, -0.1) is 0 Å². The van der Waals surface area contributed by atoms with Crippen LogP contribution in [0.15, 0.2) is 24.3 Å². The summed E-state index contributed by atoms with van der Waals surface area (Å²) in [5, 5.41) is 0. The maximum absolute atomic E-state index is 11.9. The summed E-state index contributed by atoms with van der Waals surface area (Å²) in [5.41, 5.74) is 8.35. The second-order valence-electron chi connectivity index (χ2n) is 8.02. The number of esters is 1. The molecule has 1 rings (SSSR count). The summed E-state index contributed by atoms with van der Waals surface area (Å²) in [6, 6.07) is 6.63. The summed E-state index contributed by atoms with van der Waals surface area (Å²) in [6.07, 6.45) is 21.4. The molecule has 3 nitrogen and oxygen atoms in total. The molecule has 0 saturated heterocycles. The molecule has 1 radical (unpaired) electrons. The minimum atomic E-state index is -0.310. The van der Waals surface area contributed by atoms with Gasteiger partial charge in [0.05, 0.1) is 17.9 Å². The largest absolute Gasteiger partial charge is 0.462 e. The molecule has 0 amide bonds. The molecule has 0 aromatic heterocycles. The quantitative estimate of drug-likeness (QED) is 0.189. The van der Waals surface area contributed by atoms with E-state index in [0.717, 1.165) is 12.8 Å². The zero-order valence-electron chi connectivity index (χ0n) is 18.1. The van der Waals surface area contributed by atoms with Gasteiger partial charge in [-0.05, 0) is 24.6 Å². The van der Waals surface area contributed by atoms with Crippen LogP contribution in [0.25, 0.3) is 0 Å². The van der Waals surface area contributed by atoms with E-state index in [-0.39, 0.29) is 5.97 Å². The van der Waals surface area contributed by atoms with E-state index in [9.17, 15) is 4.79 Å². The Morgan fingerprint density at radius 3 is 1.68 bits per heavy atom. The minimum Gasteiger partial charge on any atom is -0.462 e. The number of benzene rings is 1. The summed E-state index contributed by atoms with van der Waals surface area (Å²) >= 11 is 0. The Balaban J connectivity index is 1.79. The molecular formula is C25H42NO2. The van der Waals surface area contributed by atoms with Crippen LogP contribution in [0.1, 0.15) is 120 Å². The van der Waals surface area contributed by atoms with Crippen molar-refractivity contribution >= 4 is 11.7 Å². The second-order valence-corrected chi connectivity index (χ2v) is 8.02. The molecule has 0 spiro atoms. The predicted octanol–water partition coefficient (Wildman–Crippen LogP) is 8.02. The van der Waals surface area contributed by atoms with E-state index in [0.29, 0.717) is 17.9 Å². The first-order chi connectivity index (χ1) is 13.7. The van der Waals surface area contributed by atoms with Gasteiger partial charge in [-0.2, -0.15) is 0 Å². The van der Waals surface area contributed by atoms with E-state index in [1.807, 2.05) is 0 Å². The Morgan fingerprint density at radius 1 is 0.750 bits per heavy atom. The molecule has 0 heterocycles. The number of nitrogens with one attached hydrogen (secondary N) is 1. The van der Waals surface area contributed by atoms with E-state index in [1.165, 1.54) is 89.9 Å². The maximum Gasteiger partial charge on any atom is 0.338 e. The fraction of sp³-hybridized carbons (Fsp3) is 0.720. The van der Waals surface area contributed by atoms with Crippen molar-refractivity contribution in [2.75, 3.05) is 6.61 Å². The third-order valence-corrected chi connectivity index (χ3v) is 5.33. The first-order valence-electron chi connectivity index (χ1n) is 11.7. The van der Waals surface area contributed by atoms with Crippen LogP contribution in [0.2, 0.25) is 0 Å². The second kappa shape index (κ2) is 17.6. The Labute approximate surface area is 173 Å². The highest BCUT2D eigenvalue weighted by molar-refractivity contribution is 5.90. The Hall–Kier alpha value is -1.51. The van der Waals surface area contributed by atoms with Gasteiger partial charge in [-0.1, -0.05) is 109 Å². The van der Waals surface area contributed by atoms with Crippen LogP contribution < -0.4 is 5.73 Å². The maximum atomic E-state index is 11.9. The van der Waals surface area contributed by atoms with Crippen molar-refractivity contribution in [2.45, 2.75) is 110 Å². The van der Waals surface area contributed by atoms with E-state index in [2.05, 4.69) is 6.92 Å². The molecule has 0 atom stereocenters. The molecule has 1 aromatic carbocycles. The topological polar surface area (TPSA) is 50.1 Å². The highest BCUT2D eigenvalue weighted by atomic mass is 16.5. The van der Waals surface area contributed by atoms with Crippen LogP contribution in [0.4, 0.5) is 5.69 Å². The zero-order valence-corrected chi connectivity index (χ0v) is 18.1. The Kier molecular flexibility index (Phi) is 15.4. The van der Waals surface area contributed by atoms with Crippen molar-refractivity contribution < 1.29 is 9.53 Å². The van der Waals surface area contributed by atoms with E-state index in [1.54, 1.807) is 24.3 Å². The molecule has 1 aromatic rings. The lowest BCUT2D eigenvalue weighted by molar-refractivity contribution is 0.0497. The average molecular weight is 389 g/mol. The number of hydrogen-bond donors (Lipinski definition) is 0. The van der Waals surface area contributed by atoms with Crippen LogP contribution in [-0.4, -0.2) is 12.6 Å². The normalized spacial score (nSPS) is 10.9. The molecule has 159 valence electrons. The van der Waals surface area contributed by atoms with Crippen LogP contribution in [0.3, 0.4) is 0 Å². The van der Waals surface area contributed by atoms with Crippen LogP contribution >= 0.6 is 0 Å². The molecule has 0 bridgehead atoms. The zero-order chi connectivity index (χ0) is 20.3. The molecule has 1 N–H and O–H groups in total. The first kappa shape index (κ1) is 24.5. The third kappa shape index (κ3) is 13.6. The van der Waals surface area contributed by atoms with Gasteiger partial charge >= 0.3 is 5.97 Å². The number of ether oxygens (including phenoxy) is 1. The highest BCUT2D eigenvalue weighted by Gasteiger charge is 2.06. The van der Waals surface area contributed by atoms with Gasteiger partial charge in [0.25, 0.3) is 0 Å². The van der Waals surface area contributed by atoms with Crippen molar-refractivity contribution in [3.05, 3.63) is 29.8 Å². The van der Waals surface area contributed by atoms with Crippen molar-refractivity contribution in [1.82, 2.24) is 5.73 Å². The monoisotopic (exact) mass is 388 g/mol. The van der Waals surface area contributed by atoms with Gasteiger partial charge in [0.2, 0.25) is 0 Å². The molecule has 0 fully saturated rings. The number of rotatable bonds is 18. The van der Waals surface area contributed by atoms with E-state index >= 15 is 0 Å². The molecule has 3 heteroatoms. The van der Waals surface area contributed by atoms with Crippen molar-refractivity contribution in [3.8, 4) is 0 Å². The molecule has 0 unspecified atom stereocenters. The fourth-order valence-electron chi connectivity index (χ4n) is 3.54. The van der Waals surface area contributed by atoms with Crippen molar-refractivity contribution in [3.63, 3.8) is 0 Å². The Bertz CT molecular complexity index is 501. The summed E-state index contributed by atoms with van der Waals surface area (Å²) in [7, 11) is 0. The third-order valence-electron chi connectivity index (χ3n) is 5.33. The first-order valence-corrected chi connectivity index (χ1v) is 11.7. The van der Waals surface area contributed by atoms with Gasteiger partial charge in [0, 0.05) is 0 Å². The standard InChI is InChI=1S/C25H42NO2/c1-2-3-4-5-6-7-8-9-10-11-12-13-14-15-16-17-21-28-25(27)23-19-18-20-24(26)22-23/h18-20,22,26H,2-17,21H2,1H3.